The highest BCUT2D eigenvalue weighted by Gasteiger charge is 1.82. The highest BCUT2D eigenvalue weighted by molar-refractivity contribution is 5.00. The van der Waals surface area contributed by atoms with Crippen LogP contribution in [-0.4, -0.2) is 0 Å². The minimum absolute atomic E-state index is 1.20. The molecule has 0 N–H and O–H groups in total. The summed E-state index contributed by atoms with van der Waals surface area (Å²) in [6.45, 7) is 4.30. The number of rotatable bonds is 9. The van der Waals surface area contributed by atoms with Crippen molar-refractivity contribution in [3.05, 3.63) is 36.5 Å². The van der Waals surface area contributed by atoms with E-state index >= 15 is 0 Å². The topological polar surface area (TPSA) is 0 Å². The van der Waals surface area contributed by atoms with Gasteiger partial charge in [-0.1, -0.05) is 56.2 Å². The SMILES string of the molecule is C/C=C/C=C/CCC/C=C/CCCCC. The van der Waals surface area contributed by atoms with Crippen LogP contribution in [-0.2, 0) is 0 Å². The maximum atomic E-state index is 2.34. The summed E-state index contributed by atoms with van der Waals surface area (Å²) in [6, 6.07) is 0. The normalized spacial score (nSPS) is 12.4. The number of hydrogen-bond acceptors (Lipinski definition) is 0. The molecule has 0 aliphatic heterocycles. The zero-order valence-electron chi connectivity index (χ0n) is 10.4. The van der Waals surface area contributed by atoms with Crippen LogP contribution in [0.1, 0.15) is 58.8 Å². The highest BCUT2D eigenvalue weighted by Crippen LogP contribution is 2.02. The van der Waals surface area contributed by atoms with Gasteiger partial charge in [0.15, 0.2) is 0 Å². The van der Waals surface area contributed by atoms with Gasteiger partial charge in [0.2, 0.25) is 0 Å². The van der Waals surface area contributed by atoms with E-state index in [4.69, 9.17) is 0 Å². The number of allylic oxidation sites excluding steroid dienone is 6. The van der Waals surface area contributed by atoms with Gasteiger partial charge in [-0.2, -0.15) is 0 Å². The standard InChI is InChI=1S/C15H26/c1-3-5-7-9-11-13-15-14-12-10-8-6-4-2/h3,5,7,9,12,14H,4,6,8,10-11,13,15H2,1-2H3/b5-3+,9-7+,14-12+. The van der Waals surface area contributed by atoms with E-state index in [1.807, 2.05) is 6.92 Å². The maximum Gasteiger partial charge on any atom is -0.0345 e. The van der Waals surface area contributed by atoms with Crippen LogP contribution in [0.2, 0.25) is 0 Å². The van der Waals surface area contributed by atoms with E-state index in [9.17, 15) is 0 Å². The Morgan fingerprint density at radius 2 is 1.40 bits per heavy atom. The van der Waals surface area contributed by atoms with Crippen molar-refractivity contribution in [2.24, 2.45) is 0 Å². The fourth-order valence-corrected chi connectivity index (χ4v) is 1.39. The van der Waals surface area contributed by atoms with E-state index in [2.05, 4.69) is 43.4 Å². The molecule has 0 fully saturated rings. The molecule has 0 atom stereocenters. The Kier molecular flexibility index (Phi) is 12.5. The fourth-order valence-electron chi connectivity index (χ4n) is 1.39. The van der Waals surface area contributed by atoms with Gasteiger partial charge in [-0.15, -0.1) is 0 Å². The van der Waals surface area contributed by atoms with Gasteiger partial charge in [-0.25, -0.2) is 0 Å². The molecule has 0 spiro atoms. The third kappa shape index (κ3) is 13.2. The molecule has 0 aliphatic rings. The third-order valence-corrected chi connectivity index (χ3v) is 2.32. The lowest BCUT2D eigenvalue weighted by Crippen LogP contribution is -1.72. The molecule has 0 saturated carbocycles. The van der Waals surface area contributed by atoms with E-state index in [1.165, 1.54) is 44.9 Å². The van der Waals surface area contributed by atoms with Gasteiger partial charge in [0.25, 0.3) is 0 Å². The summed E-state index contributed by atoms with van der Waals surface area (Å²) in [6.07, 6.45) is 22.2. The van der Waals surface area contributed by atoms with Gasteiger partial charge in [-0.3, -0.25) is 0 Å². The zero-order chi connectivity index (χ0) is 11.2. The second-order valence-electron chi connectivity index (χ2n) is 3.85. The van der Waals surface area contributed by atoms with Crippen LogP contribution >= 0.6 is 0 Å². The summed E-state index contributed by atoms with van der Waals surface area (Å²) in [5.41, 5.74) is 0. The number of unbranched alkanes of at least 4 members (excludes halogenated alkanes) is 5. The Morgan fingerprint density at radius 3 is 2.07 bits per heavy atom. The predicted octanol–water partition coefficient (Wildman–Crippen LogP) is 5.43. The van der Waals surface area contributed by atoms with Gasteiger partial charge < -0.3 is 0 Å². The van der Waals surface area contributed by atoms with Crippen molar-refractivity contribution in [1.82, 2.24) is 0 Å². The molecule has 15 heavy (non-hydrogen) atoms. The average molecular weight is 206 g/mol. The van der Waals surface area contributed by atoms with Crippen LogP contribution in [0.5, 0.6) is 0 Å². The summed E-state index contributed by atoms with van der Waals surface area (Å²) in [7, 11) is 0. The van der Waals surface area contributed by atoms with E-state index < -0.39 is 0 Å². The van der Waals surface area contributed by atoms with Crippen molar-refractivity contribution < 1.29 is 0 Å². The Labute approximate surface area is 95.8 Å². The molecule has 0 radical (unpaired) electrons. The monoisotopic (exact) mass is 206 g/mol. The van der Waals surface area contributed by atoms with Crippen molar-refractivity contribution in [3.8, 4) is 0 Å². The molecule has 0 amide bonds. The lowest BCUT2D eigenvalue weighted by molar-refractivity contribution is 0.727. The van der Waals surface area contributed by atoms with Crippen LogP contribution < -0.4 is 0 Å². The first-order valence-electron chi connectivity index (χ1n) is 6.34. The molecule has 0 aromatic heterocycles. The fraction of sp³-hybridized carbons (Fsp3) is 0.600. The molecule has 0 unspecified atom stereocenters. The Balaban J connectivity index is 3.16. The van der Waals surface area contributed by atoms with Crippen LogP contribution in [0.4, 0.5) is 0 Å². The van der Waals surface area contributed by atoms with E-state index in [0.717, 1.165) is 0 Å². The summed E-state index contributed by atoms with van der Waals surface area (Å²) < 4.78 is 0. The van der Waals surface area contributed by atoms with E-state index in [0.29, 0.717) is 0 Å². The van der Waals surface area contributed by atoms with Crippen molar-refractivity contribution in [3.63, 3.8) is 0 Å². The first kappa shape index (κ1) is 14.2. The predicted molar refractivity (Wildman–Crippen MR) is 71.1 cm³/mol. The molecule has 0 heterocycles. The van der Waals surface area contributed by atoms with Crippen LogP contribution in [0, 0.1) is 0 Å². The lowest BCUT2D eigenvalue weighted by atomic mass is 10.1. The van der Waals surface area contributed by atoms with Crippen molar-refractivity contribution in [2.45, 2.75) is 58.8 Å². The first-order valence-corrected chi connectivity index (χ1v) is 6.34. The summed E-state index contributed by atoms with van der Waals surface area (Å²) >= 11 is 0. The van der Waals surface area contributed by atoms with Crippen molar-refractivity contribution in [1.29, 1.82) is 0 Å². The molecule has 0 aromatic carbocycles. The molecule has 0 nitrogen and oxygen atoms in total. The molecule has 0 rings (SSSR count). The summed E-state index contributed by atoms with van der Waals surface area (Å²) in [5, 5.41) is 0. The van der Waals surface area contributed by atoms with Crippen molar-refractivity contribution >= 4 is 0 Å². The Bertz CT molecular complexity index is 184. The Hall–Kier alpha value is -0.780. The molecule has 86 valence electrons. The summed E-state index contributed by atoms with van der Waals surface area (Å²) in [4.78, 5) is 0. The Morgan fingerprint density at radius 1 is 0.733 bits per heavy atom. The van der Waals surface area contributed by atoms with Gasteiger partial charge in [0, 0.05) is 0 Å². The molecule has 0 aliphatic carbocycles. The third-order valence-electron chi connectivity index (χ3n) is 2.32. The van der Waals surface area contributed by atoms with Crippen LogP contribution in [0.25, 0.3) is 0 Å². The van der Waals surface area contributed by atoms with E-state index in [1.54, 1.807) is 0 Å². The summed E-state index contributed by atoms with van der Waals surface area (Å²) in [5.74, 6) is 0. The van der Waals surface area contributed by atoms with Gasteiger partial charge in [-0.05, 0) is 39.0 Å². The molecule has 0 bridgehead atoms. The van der Waals surface area contributed by atoms with E-state index in [-0.39, 0.29) is 0 Å². The minimum atomic E-state index is 1.20. The van der Waals surface area contributed by atoms with Crippen molar-refractivity contribution in [2.75, 3.05) is 0 Å². The lowest BCUT2D eigenvalue weighted by Gasteiger charge is -1.92. The molecular weight excluding hydrogens is 180 g/mol. The molecule has 0 aromatic rings. The molecular formula is C15H26. The van der Waals surface area contributed by atoms with Crippen LogP contribution in [0.15, 0.2) is 36.5 Å². The first-order chi connectivity index (χ1) is 7.41. The van der Waals surface area contributed by atoms with Gasteiger partial charge in [0.1, 0.15) is 0 Å². The smallest absolute Gasteiger partial charge is 0.0345 e. The quantitative estimate of drug-likeness (QED) is 0.268. The second-order valence-corrected chi connectivity index (χ2v) is 3.85. The zero-order valence-corrected chi connectivity index (χ0v) is 10.4. The minimum Gasteiger partial charge on any atom is -0.0885 e. The van der Waals surface area contributed by atoms with Crippen LogP contribution in [0.3, 0.4) is 0 Å². The average Bonchev–Trinajstić information content (AvgIpc) is 2.26. The second kappa shape index (κ2) is 13.2. The maximum absolute atomic E-state index is 2.34. The molecule has 0 saturated heterocycles. The number of hydrogen-bond donors (Lipinski definition) is 0. The largest absolute Gasteiger partial charge is 0.0885 e. The van der Waals surface area contributed by atoms with Gasteiger partial charge >= 0.3 is 0 Å². The molecule has 0 heteroatoms. The highest BCUT2D eigenvalue weighted by atomic mass is 13.9. The van der Waals surface area contributed by atoms with Gasteiger partial charge in [0.05, 0.1) is 0 Å².